The van der Waals surface area contributed by atoms with Crippen molar-refractivity contribution in [2.45, 2.75) is 65.8 Å². The maximum absolute atomic E-state index is 15.0. The number of benzene rings is 1. The third-order valence-corrected chi connectivity index (χ3v) is 7.70. The maximum Gasteiger partial charge on any atom is 0.255 e. The summed E-state index contributed by atoms with van der Waals surface area (Å²) in [6.07, 6.45) is 2.47. The summed E-state index contributed by atoms with van der Waals surface area (Å²) in [7, 11) is 0. The average molecular weight is 551 g/mol. The van der Waals surface area contributed by atoms with E-state index in [1.807, 2.05) is 30.6 Å². The van der Waals surface area contributed by atoms with Gasteiger partial charge in [-0.25, -0.2) is 23.7 Å². The van der Waals surface area contributed by atoms with E-state index in [9.17, 15) is 9.18 Å². The number of aromatic nitrogens is 3. The van der Waals surface area contributed by atoms with E-state index in [0.29, 0.717) is 41.4 Å². The van der Waals surface area contributed by atoms with Crippen molar-refractivity contribution in [1.82, 2.24) is 24.8 Å². The number of piperazine rings is 1. The number of hydrogen-bond donors (Lipinski definition) is 2. The van der Waals surface area contributed by atoms with Crippen molar-refractivity contribution in [3.8, 4) is 11.3 Å². The molecule has 2 aromatic heterocycles. The van der Waals surface area contributed by atoms with Crippen LogP contribution in [-0.2, 0) is 0 Å². The number of hydrogen-bond acceptors (Lipinski definition) is 8. The molecular formula is C29H36F2N8O. The highest BCUT2D eigenvalue weighted by Crippen LogP contribution is 2.41. The first-order valence-electron chi connectivity index (χ1n) is 13.8. The molecule has 0 bridgehead atoms. The number of carbonyl (C=O) groups is 1. The SMILES string of the molecule is CCN1C(C)CN(C(=O)c2ccc(Nc3ncc(F)c(-c4cc(F)c5c(c4)N(C(C)C)C(C)N5)n3)nc2)CC1C. The molecule has 212 valence electrons. The second-order valence-corrected chi connectivity index (χ2v) is 10.9. The molecule has 1 fully saturated rings. The second-order valence-electron chi connectivity index (χ2n) is 10.9. The Labute approximate surface area is 233 Å². The quantitative estimate of drug-likeness (QED) is 0.438. The lowest BCUT2D eigenvalue weighted by Gasteiger charge is -2.44. The van der Waals surface area contributed by atoms with E-state index in [0.717, 1.165) is 12.7 Å². The zero-order valence-corrected chi connectivity index (χ0v) is 23.7. The van der Waals surface area contributed by atoms with Gasteiger partial charge in [-0.2, -0.15) is 0 Å². The van der Waals surface area contributed by atoms with Crippen LogP contribution in [0.1, 0.15) is 51.9 Å². The van der Waals surface area contributed by atoms with Crippen molar-refractivity contribution in [3.05, 3.63) is 53.9 Å². The van der Waals surface area contributed by atoms with Gasteiger partial charge in [0.15, 0.2) is 5.82 Å². The highest BCUT2D eigenvalue weighted by atomic mass is 19.1. The first-order valence-corrected chi connectivity index (χ1v) is 13.8. The molecule has 9 nitrogen and oxygen atoms in total. The zero-order valence-electron chi connectivity index (χ0n) is 23.7. The summed E-state index contributed by atoms with van der Waals surface area (Å²) in [4.78, 5) is 32.2. The van der Waals surface area contributed by atoms with Gasteiger partial charge in [-0.3, -0.25) is 9.69 Å². The molecule has 0 saturated carbocycles. The van der Waals surface area contributed by atoms with Gasteiger partial charge in [0, 0.05) is 43.0 Å². The number of likely N-dealkylation sites (N-methyl/N-ethyl adjacent to an activating group) is 1. The van der Waals surface area contributed by atoms with Crippen LogP contribution >= 0.6 is 0 Å². The molecule has 4 heterocycles. The molecule has 1 saturated heterocycles. The fraction of sp³-hybridized carbons (Fsp3) is 0.448. The predicted molar refractivity (Wildman–Crippen MR) is 153 cm³/mol. The minimum atomic E-state index is -0.666. The average Bonchev–Trinajstić information content (AvgIpc) is 3.26. The molecule has 0 aliphatic carbocycles. The third kappa shape index (κ3) is 5.17. The van der Waals surface area contributed by atoms with E-state index in [1.165, 1.54) is 12.3 Å². The van der Waals surface area contributed by atoms with Crippen molar-refractivity contribution in [2.75, 3.05) is 35.2 Å². The van der Waals surface area contributed by atoms with Gasteiger partial charge in [0.05, 0.1) is 29.3 Å². The molecule has 1 aromatic carbocycles. The van der Waals surface area contributed by atoms with Crippen LogP contribution in [0.15, 0.2) is 36.7 Å². The monoisotopic (exact) mass is 550 g/mol. The van der Waals surface area contributed by atoms with E-state index in [2.05, 4.69) is 51.3 Å². The third-order valence-electron chi connectivity index (χ3n) is 7.70. The summed E-state index contributed by atoms with van der Waals surface area (Å²) >= 11 is 0. The van der Waals surface area contributed by atoms with Crippen molar-refractivity contribution in [2.24, 2.45) is 0 Å². The van der Waals surface area contributed by atoms with Gasteiger partial charge < -0.3 is 20.4 Å². The number of rotatable bonds is 6. The number of anilines is 4. The minimum absolute atomic E-state index is 0.0243. The van der Waals surface area contributed by atoms with Crippen LogP contribution in [0.3, 0.4) is 0 Å². The van der Waals surface area contributed by atoms with Crippen LogP contribution < -0.4 is 15.5 Å². The molecule has 3 aromatic rings. The maximum atomic E-state index is 15.0. The van der Waals surface area contributed by atoms with Gasteiger partial charge in [0.2, 0.25) is 5.95 Å². The summed E-state index contributed by atoms with van der Waals surface area (Å²) < 4.78 is 29.9. The van der Waals surface area contributed by atoms with Crippen LogP contribution in [0.2, 0.25) is 0 Å². The lowest BCUT2D eigenvalue weighted by atomic mass is 10.1. The van der Waals surface area contributed by atoms with Crippen LogP contribution in [0, 0.1) is 11.6 Å². The van der Waals surface area contributed by atoms with Crippen LogP contribution in [-0.4, -0.2) is 74.6 Å². The standard InChI is InChI=1S/C29H36F2N8O/c1-7-38-17(4)14-37(15-18(38)5)28(40)20-8-9-25(32-12-20)35-29-33-13-23(31)26(36-29)21-10-22(30)27-24(11-21)39(16(2)3)19(6)34-27/h8-13,16-19,34H,7,14-15H2,1-6H3,(H,32,33,35,36). The van der Waals surface area contributed by atoms with Crippen LogP contribution in [0.5, 0.6) is 0 Å². The Bertz CT molecular complexity index is 1390. The Balaban J connectivity index is 1.34. The van der Waals surface area contributed by atoms with Gasteiger partial charge in [-0.15, -0.1) is 0 Å². The summed E-state index contributed by atoms with van der Waals surface area (Å²) in [6.45, 7) is 14.7. The number of fused-ring (bicyclic) bond motifs is 1. The Hall–Kier alpha value is -3.86. The number of carbonyl (C=O) groups excluding carboxylic acids is 1. The van der Waals surface area contributed by atoms with Gasteiger partial charge >= 0.3 is 0 Å². The molecule has 11 heteroatoms. The molecule has 2 N–H and O–H groups in total. The number of pyridine rings is 1. The Kier molecular flexibility index (Phi) is 7.59. The smallest absolute Gasteiger partial charge is 0.255 e. The van der Waals surface area contributed by atoms with Crippen LogP contribution in [0.25, 0.3) is 11.3 Å². The molecule has 3 atom stereocenters. The van der Waals surface area contributed by atoms with E-state index in [4.69, 9.17) is 0 Å². The van der Waals surface area contributed by atoms with Crippen LogP contribution in [0.4, 0.5) is 31.9 Å². The van der Waals surface area contributed by atoms with E-state index in [1.54, 1.807) is 18.2 Å². The van der Waals surface area contributed by atoms with Gasteiger partial charge in [0.1, 0.15) is 17.3 Å². The number of nitrogens with one attached hydrogen (secondary N) is 2. The largest absolute Gasteiger partial charge is 0.361 e. The Morgan fingerprint density at radius 1 is 1.07 bits per heavy atom. The van der Waals surface area contributed by atoms with Crippen molar-refractivity contribution >= 4 is 29.0 Å². The first-order chi connectivity index (χ1) is 19.1. The number of nitrogens with zero attached hydrogens (tertiary/aromatic N) is 6. The molecule has 0 spiro atoms. The molecule has 5 rings (SSSR count). The normalized spacial score (nSPS) is 21.0. The molecule has 2 aliphatic rings. The van der Waals surface area contributed by atoms with E-state index >= 15 is 4.39 Å². The molecule has 1 amide bonds. The van der Waals surface area contributed by atoms with E-state index < -0.39 is 11.6 Å². The van der Waals surface area contributed by atoms with Gasteiger partial charge in [-0.1, -0.05) is 6.92 Å². The fourth-order valence-corrected chi connectivity index (χ4v) is 5.95. The lowest BCUT2D eigenvalue weighted by Crippen LogP contribution is -2.57. The number of halogens is 2. The Morgan fingerprint density at radius 3 is 2.42 bits per heavy atom. The molecule has 0 radical (unpaired) electrons. The van der Waals surface area contributed by atoms with E-state index in [-0.39, 0.29) is 41.8 Å². The summed E-state index contributed by atoms with van der Waals surface area (Å²) in [5, 5.41) is 6.12. The minimum Gasteiger partial charge on any atom is -0.361 e. The second kappa shape index (κ2) is 11.0. The van der Waals surface area contributed by atoms with Crippen molar-refractivity contribution < 1.29 is 13.6 Å². The topological polar surface area (TPSA) is 89.5 Å². The lowest BCUT2D eigenvalue weighted by molar-refractivity contribution is 0.0330. The number of amides is 1. The summed E-state index contributed by atoms with van der Waals surface area (Å²) in [5.74, 6) is -0.700. The molecule has 40 heavy (non-hydrogen) atoms. The van der Waals surface area contributed by atoms with Crippen molar-refractivity contribution in [3.63, 3.8) is 0 Å². The Morgan fingerprint density at radius 2 is 1.80 bits per heavy atom. The molecular weight excluding hydrogens is 514 g/mol. The summed E-state index contributed by atoms with van der Waals surface area (Å²) in [6, 6.07) is 7.06. The highest BCUT2D eigenvalue weighted by molar-refractivity contribution is 5.94. The summed E-state index contributed by atoms with van der Waals surface area (Å²) in [5.41, 5.74) is 1.83. The molecule has 3 unspecified atom stereocenters. The van der Waals surface area contributed by atoms with Gasteiger partial charge in [0.25, 0.3) is 5.91 Å². The van der Waals surface area contributed by atoms with Gasteiger partial charge in [-0.05, 0) is 65.4 Å². The zero-order chi connectivity index (χ0) is 28.7. The molecule has 2 aliphatic heterocycles. The fourth-order valence-electron chi connectivity index (χ4n) is 5.95. The first kappa shape index (κ1) is 27.7. The van der Waals surface area contributed by atoms with Crippen molar-refractivity contribution in [1.29, 1.82) is 0 Å². The highest BCUT2D eigenvalue weighted by Gasteiger charge is 2.32. The predicted octanol–water partition coefficient (Wildman–Crippen LogP) is 5.10.